The van der Waals surface area contributed by atoms with Gasteiger partial charge in [-0.3, -0.25) is 4.79 Å². The van der Waals surface area contributed by atoms with Gasteiger partial charge in [-0.05, 0) is 43.2 Å². The summed E-state index contributed by atoms with van der Waals surface area (Å²) in [6, 6.07) is 9.74. The number of aromatic nitrogens is 1. The van der Waals surface area contributed by atoms with Gasteiger partial charge in [0, 0.05) is 18.0 Å². The van der Waals surface area contributed by atoms with Gasteiger partial charge in [-0.1, -0.05) is 30.7 Å². The van der Waals surface area contributed by atoms with Crippen LogP contribution in [-0.4, -0.2) is 10.4 Å². The van der Waals surface area contributed by atoms with Gasteiger partial charge in [0.1, 0.15) is 0 Å². The minimum Gasteiger partial charge on any atom is -0.338 e. The standard InChI is InChI=1S/C16H18ClNO/c1-4-15(19)14-10-11(3)16(18(14)5-2)12-6-8-13(17)9-7-12/h6-10H,4-5H2,1-3H3. The van der Waals surface area contributed by atoms with E-state index < -0.39 is 0 Å². The van der Waals surface area contributed by atoms with Crippen LogP contribution in [0.3, 0.4) is 0 Å². The zero-order valence-corrected chi connectivity index (χ0v) is 12.3. The summed E-state index contributed by atoms with van der Waals surface area (Å²) >= 11 is 5.93. The van der Waals surface area contributed by atoms with E-state index in [0.717, 1.165) is 34.1 Å². The van der Waals surface area contributed by atoms with E-state index in [1.165, 1.54) is 0 Å². The Morgan fingerprint density at radius 2 is 1.84 bits per heavy atom. The van der Waals surface area contributed by atoms with Crippen molar-refractivity contribution in [1.29, 1.82) is 0 Å². The highest BCUT2D eigenvalue weighted by Gasteiger charge is 2.16. The van der Waals surface area contributed by atoms with Crippen molar-refractivity contribution in [2.24, 2.45) is 0 Å². The molecule has 2 rings (SSSR count). The highest BCUT2D eigenvalue weighted by molar-refractivity contribution is 6.30. The number of hydrogen-bond acceptors (Lipinski definition) is 1. The Morgan fingerprint density at radius 3 is 2.37 bits per heavy atom. The van der Waals surface area contributed by atoms with Crippen molar-refractivity contribution in [2.75, 3.05) is 0 Å². The summed E-state index contributed by atoms with van der Waals surface area (Å²) in [4.78, 5) is 12.0. The van der Waals surface area contributed by atoms with E-state index in [1.807, 2.05) is 44.2 Å². The molecule has 0 unspecified atom stereocenters. The predicted molar refractivity (Wildman–Crippen MR) is 79.9 cm³/mol. The third-order valence-electron chi connectivity index (χ3n) is 3.33. The zero-order chi connectivity index (χ0) is 14.0. The molecular formula is C16H18ClNO. The van der Waals surface area contributed by atoms with Gasteiger partial charge in [0.15, 0.2) is 5.78 Å². The van der Waals surface area contributed by atoms with Crippen molar-refractivity contribution in [1.82, 2.24) is 4.57 Å². The molecule has 0 saturated carbocycles. The fourth-order valence-corrected chi connectivity index (χ4v) is 2.54. The van der Waals surface area contributed by atoms with Crippen molar-refractivity contribution >= 4 is 17.4 Å². The third kappa shape index (κ3) is 2.59. The lowest BCUT2D eigenvalue weighted by Gasteiger charge is -2.11. The summed E-state index contributed by atoms with van der Waals surface area (Å²) in [6.07, 6.45) is 0.531. The summed E-state index contributed by atoms with van der Waals surface area (Å²) in [5, 5.41) is 0.723. The number of carbonyl (C=O) groups excluding carboxylic acids is 1. The topological polar surface area (TPSA) is 22.0 Å². The second kappa shape index (κ2) is 5.62. The number of carbonyl (C=O) groups is 1. The smallest absolute Gasteiger partial charge is 0.178 e. The molecule has 19 heavy (non-hydrogen) atoms. The maximum Gasteiger partial charge on any atom is 0.178 e. The second-order valence-electron chi connectivity index (χ2n) is 4.59. The lowest BCUT2D eigenvalue weighted by Crippen LogP contribution is -2.08. The number of ketones is 1. The lowest BCUT2D eigenvalue weighted by atomic mass is 10.1. The van der Waals surface area contributed by atoms with Gasteiger partial charge >= 0.3 is 0 Å². The van der Waals surface area contributed by atoms with Gasteiger partial charge in [-0.25, -0.2) is 0 Å². The highest BCUT2D eigenvalue weighted by Crippen LogP contribution is 2.28. The van der Waals surface area contributed by atoms with Gasteiger partial charge in [0.2, 0.25) is 0 Å². The largest absolute Gasteiger partial charge is 0.338 e. The molecule has 0 atom stereocenters. The molecular weight excluding hydrogens is 258 g/mol. The average Bonchev–Trinajstić information content (AvgIpc) is 2.75. The number of halogens is 1. The van der Waals surface area contributed by atoms with E-state index >= 15 is 0 Å². The minimum absolute atomic E-state index is 0.185. The fourth-order valence-electron chi connectivity index (χ4n) is 2.42. The Labute approximate surface area is 119 Å². The summed E-state index contributed by atoms with van der Waals surface area (Å²) in [5.74, 6) is 0.185. The Hall–Kier alpha value is -1.54. The molecule has 2 nitrogen and oxygen atoms in total. The van der Waals surface area contributed by atoms with E-state index in [-0.39, 0.29) is 5.78 Å². The molecule has 100 valence electrons. The molecule has 0 spiro atoms. The first-order chi connectivity index (χ1) is 9.08. The zero-order valence-electron chi connectivity index (χ0n) is 11.5. The van der Waals surface area contributed by atoms with Crippen molar-refractivity contribution < 1.29 is 4.79 Å². The van der Waals surface area contributed by atoms with Gasteiger partial charge < -0.3 is 4.57 Å². The first kappa shape index (κ1) is 13.9. The number of rotatable bonds is 4. The second-order valence-corrected chi connectivity index (χ2v) is 5.03. The van der Waals surface area contributed by atoms with Crippen LogP contribution in [-0.2, 0) is 6.54 Å². The number of benzene rings is 1. The summed E-state index contributed by atoms with van der Waals surface area (Å²) in [7, 11) is 0. The molecule has 0 fully saturated rings. The van der Waals surface area contributed by atoms with E-state index in [4.69, 9.17) is 11.6 Å². The Kier molecular flexibility index (Phi) is 4.11. The molecule has 0 saturated heterocycles. The van der Waals surface area contributed by atoms with Crippen LogP contribution in [0.15, 0.2) is 30.3 Å². The van der Waals surface area contributed by atoms with Gasteiger partial charge in [0.25, 0.3) is 0 Å². The van der Waals surface area contributed by atoms with Crippen LogP contribution in [0.1, 0.15) is 36.3 Å². The fraction of sp³-hybridized carbons (Fsp3) is 0.312. The normalized spacial score (nSPS) is 10.7. The molecule has 1 aromatic heterocycles. The number of aryl methyl sites for hydroxylation is 1. The SMILES string of the molecule is CCC(=O)c1cc(C)c(-c2ccc(Cl)cc2)n1CC. The molecule has 0 aliphatic carbocycles. The molecule has 0 aliphatic heterocycles. The Balaban J connectivity index is 2.60. The van der Waals surface area contributed by atoms with E-state index in [0.29, 0.717) is 6.42 Å². The summed E-state index contributed by atoms with van der Waals surface area (Å²) < 4.78 is 2.09. The van der Waals surface area contributed by atoms with Crippen molar-refractivity contribution in [3.05, 3.63) is 46.6 Å². The van der Waals surface area contributed by atoms with Crippen LogP contribution in [0.25, 0.3) is 11.3 Å². The van der Waals surface area contributed by atoms with Crippen LogP contribution in [0.5, 0.6) is 0 Å². The maximum atomic E-state index is 12.0. The minimum atomic E-state index is 0.185. The van der Waals surface area contributed by atoms with E-state index in [1.54, 1.807) is 0 Å². The molecule has 2 aromatic rings. The monoisotopic (exact) mass is 275 g/mol. The number of Topliss-reactive ketones (excluding diaryl/α,β-unsaturated/α-hetero) is 1. The third-order valence-corrected chi connectivity index (χ3v) is 3.58. The molecule has 0 bridgehead atoms. The highest BCUT2D eigenvalue weighted by atomic mass is 35.5. The quantitative estimate of drug-likeness (QED) is 0.740. The van der Waals surface area contributed by atoms with Gasteiger partial charge in [-0.15, -0.1) is 0 Å². The summed E-state index contributed by atoms with van der Waals surface area (Å²) in [6.45, 7) is 6.79. The lowest BCUT2D eigenvalue weighted by molar-refractivity contribution is 0.0979. The molecule has 0 aliphatic rings. The molecule has 3 heteroatoms. The number of hydrogen-bond donors (Lipinski definition) is 0. The van der Waals surface area contributed by atoms with Crippen LogP contribution in [0.4, 0.5) is 0 Å². The number of nitrogens with zero attached hydrogens (tertiary/aromatic N) is 1. The first-order valence-electron chi connectivity index (χ1n) is 6.57. The van der Waals surface area contributed by atoms with Crippen LogP contribution in [0, 0.1) is 6.92 Å². The van der Waals surface area contributed by atoms with E-state index in [2.05, 4.69) is 11.5 Å². The average molecular weight is 276 g/mol. The molecule has 1 aromatic carbocycles. The van der Waals surface area contributed by atoms with Crippen molar-refractivity contribution in [3.63, 3.8) is 0 Å². The summed E-state index contributed by atoms with van der Waals surface area (Å²) in [5.41, 5.74) is 4.13. The molecule has 0 N–H and O–H groups in total. The molecule has 1 heterocycles. The van der Waals surface area contributed by atoms with Crippen LogP contribution >= 0.6 is 11.6 Å². The van der Waals surface area contributed by atoms with Gasteiger partial charge in [-0.2, -0.15) is 0 Å². The maximum absolute atomic E-state index is 12.0. The first-order valence-corrected chi connectivity index (χ1v) is 6.95. The van der Waals surface area contributed by atoms with Crippen LogP contribution in [0.2, 0.25) is 5.02 Å². The van der Waals surface area contributed by atoms with Crippen molar-refractivity contribution in [3.8, 4) is 11.3 Å². The predicted octanol–water partition coefficient (Wildman–Crippen LogP) is 4.73. The van der Waals surface area contributed by atoms with Crippen molar-refractivity contribution in [2.45, 2.75) is 33.7 Å². The molecule has 0 radical (unpaired) electrons. The Bertz CT molecular complexity index is 596. The molecule has 0 amide bonds. The van der Waals surface area contributed by atoms with Gasteiger partial charge in [0.05, 0.1) is 11.4 Å². The van der Waals surface area contributed by atoms with Crippen LogP contribution < -0.4 is 0 Å². The Morgan fingerprint density at radius 1 is 1.21 bits per heavy atom. The van der Waals surface area contributed by atoms with E-state index in [9.17, 15) is 4.79 Å².